The molecule has 20 heavy (non-hydrogen) atoms. The fraction of sp³-hybridized carbons (Fsp3) is 0.333. The third-order valence-electron chi connectivity index (χ3n) is 2.88. The Kier molecular flexibility index (Phi) is 4.79. The first-order chi connectivity index (χ1) is 9.56. The summed E-state index contributed by atoms with van der Waals surface area (Å²) in [6, 6.07) is 8.03. The summed E-state index contributed by atoms with van der Waals surface area (Å²) in [4.78, 5) is 4.34. The maximum absolute atomic E-state index is 5.99. The van der Waals surface area contributed by atoms with Gasteiger partial charge in [0.2, 0.25) is 0 Å². The lowest BCUT2D eigenvalue weighted by Crippen LogP contribution is -2.16. The van der Waals surface area contributed by atoms with E-state index in [2.05, 4.69) is 22.3 Å². The number of nitrogens with one attached hydrogen (secondary N) is 1. The zero-order valence-electron chi connectivity index (χ0n) is 12.0. The first kappa shape index (κ1) is 14.6. The Hall–Kier alpha value is -1.81. The first-order valence-corrected chi connectivity index (χ1v) is 6.94. The van der Waals surface area contributed by atoms with Crippen molar-refractivity contribution in [3.05, 3.63) is 35.5 Å². The number of anilines is 1. The normalized spacial score (nSPS) is 12.8. The standard InChI is InChI=1S/C15H19ClN4/c1-11(6-9-18-20(2)3)19-14-7-8-17-15-10-12(16)4-5-13(14)15/h4-5,7-11H,6H2,1-3H3,(H,17,19)/b18-9-/t11-/m1/s1. The van der Waals surface area contributed by atoms with Crippen LogP contribution in [0.15, 0.2) is 35.6 Å². The minimum atomic E-state index is 0.292. The van der Waals surface area contributed by atoms with Gasteiger partial charge in [0.15, 0.2) is 0 Å². The van der Waals surface area contributed by atoms with E-state index in [9.17, 15) is 0 Å². The molecule has 0 radical (unpaired) electrons. The Balaban J connectivity index is 2.13. The second-order valence-corrected chi connectivity index (χ2v) is 5.38. The van der Waals surface area contributed by atoms with Crippen LogP contribution in [0.25, 0.3) is 10.9 Å². The van der Waals surface area contributed by atoms with Crippen molar-refractivity contribution in [1.82, 2.24) is 9.99 Å². The maximum atomic E-state index is 5.99. The second kappa shape index (κ2) is 6.57. The molecule has 4 nitrogen and oxygen atoms in total. The van der Waals surface area contributed by atoms with Gasteiger partial charge in [-0.25, -0.2) is 0 Å². The molecule has 0 fully saturated rings. The Labute approximate surface area is 124 Å². The van der Waals surface area contributed by atoms with Gasteiger partial charge in [-0.3, -0.25) is 4.98 Å². The van der Waals surface area contributed by atoms with Crippen LogP contribution in [0.3, 0.4) is 0 Å². The molecule has 106 valence electrons. The Morgan fingerprint density at radius 3 is 2.95 bits per heavy atom. The predicted octanol–water partition coefficient (Wildman–Crippen LogP) is 3.63. The molecule has 0 spiro atoms. The SMILES string of the molecule is C[C@H](C/C=N\N(C)C)Nc1ccnc2cc(Cl)ccc12. The van der Waals surface area contributed by atoms with E-state index in [4.69, 9.17) is 11.6 Å². The highest BCUT2D eigenvalue weighted by Crippen LogP contribution is 2.25. The summed E-state index contributed by atoms with van der Waals surface area (Å²) in [5.74, 6) is 0. The van der Waals surface area contributed by atoms with Gasteiger partial charge < -0.3 is 10.3 Å². The van der Waals surface area contributed by atoms with Gasteiger partial charge in [0.25, 0.3) is 0 Å². The van der Waals surface area contributed by atoms with Crippen LogP contribution in [0.5, 0.6) is 0 Å². The van der Waals surface area contributed by atoms with Crippen molar-refractivity contribution < 1.29 is 0 Å². The van der Waals surface area contributed by atoms with Crippen molar-refractivity contribution in [2.45, 2.75) is 19.4 Å². The third kappa shape index (κ3) is 3.84. The van der Waals surface area contributed by atoms with Gasteiger partial charge in [-0.15, -0.1) is 0 Å². The summed E-state index contributed by atoms with van der Waals surface area (Å²) >= 11 is 5.99. The number of hydrogen-bond donors (Lipinski definition) is 1. The van der Waals surface area contributed by atoms with E-state index >= 15 is 0 Å². The summed E-state index contributed by atoms with van der Waals surface area (Å²) in [6.07, 6.45) is 4.56. The van der Waals surface area contributed by atoms with E-state index in [1.54, 1.807) is 11.2 Å². The zero-order valence-corrected chi connectivity index (χ0v) is 12.7. The van der Waals surface area contributed by atoms with Crippen LogP contribution in [0.2, 0.25) is 5.02 Å². The molecule has 0 aliphatic rings. The molecule has 5 heteroatoms. The highest BCUT2D eigenvalue weighted by Gasteiger charge is 2.05. The average Bonchev–Trinajstić information content (AvgIpc) is 2.38. The van der Waals surface area contributed by atoms with E-state index in [0.717, 1.165) is 23.0 Å². The number of benzene rings is 1. The number of rotatable bonds is 5. The van der Waals surface area contributed by atoms with E-state index in [0.29, 0.717) is 11.1 Å². The predicted molar refractivity (Wildman–Crippen MR) is 86.6 cm³/mol. The lowest BCUT2D eigenvalue weighted by atomic mass is 10.1. The fourth-order valence-electron chi connectivity index (χ4n) is 1.94. The van der Waals surface area contributed by atoms with Gasteiger partial charge in [0.1, 0.15) is 0 Å². The monoisotopic (exact) mass is 290 g/mol. The first-order valence-electron chi connectivity index (χ1n) is 6.57. The summed E-state index contributed by atoms with van der Waals surface area (Å²) < 4.78 is 0. The van der Waals surface area contributed by atoms with Gasteiger partial charge in [-0.1, -0.05) is 11.6 Å². The molecule has 1 N–H and O–H groups in total. The molecule has 1 atom stereocenters. The van der Waals surface area contributed by atoms with Crippen LogP contribution >= 0.6 is 11.6 Å². The molecule has 1 heterocycles. The van der Waals surface area contributed by atoms with Crippen molar-refractivity contribution in [3.8, 4) is 0 Å². The molecular formula is C15H19ClN4. The van der Waals surface area contributed by atoms with Gasteiger partial charge in [0.05, 0.1) is 5.52 Å². The number of aromatic nitrogens is 1. The summed E-state index contributed by atoms with van der Waals surface area (Å²) in [6.45, 7) is 2.13. The molecule has 1 aromatic carbocycles. The van der Waals surface area contributed by atoms with Crippen molar-refractivity contribution in [3.63, 3.8) is 0 Å². The summed E-state index contributed by atoms with van der Waals surface area (Å²) in [7, 11) is 3.82. The largest absolute Gasteiger partial charge is 0.382 e. The van der Waals surface area contributed by atoms with Crippen LogP contribution in [0.4, 0.5) is 5.69 Å². The molecule has 0 saturated heterocycles. The van der Waals surface area contributed by atoms with Crippen molar-refractivity contribution >= 4 is 34.4 Å². The fourth-order valence-corrected chi connectivity index (χ4v) is 2.11. The number of hydrogen-bond acceptors (Lipinski definition) is 4. The quantitative estimate of drug-likeness (QED) is 0.675. The van der Waals surface area contributed by atoms with Gasteiger partial charge in [-0.05, 0) is 31.2 Å². The van der Waals surface area contributed by atoms with Crippen molar-refractivity contribution in [1.29, 1.82) is 0 Å². The van der Waals surface area contributed by atoms with Gasteiger partial charge in [-0.2, -0.15) is 5.10 Å². The highest BCUT2D eigenvalue weighted by molar-refractivity contribution is 6.31. The number of pyridine rings is 1. The van der Waals surface area contributed by atoms with Crippen LogP contribution in [0.1, 0.15) is 13.3 Å². The molecule has 0 unspecified atom stereocenters. The summed E-state index contributed by atoms with van der Waals surface area (Å²) in [5, 5.41) is 11.3. The molecule has 0 amide bonds. The van der Waals surface area contributed by atoms with Crippen LogP contribution in [0, 0.1) is 0 Å². The van der Waals surface area contributed by atoms with Crippen molar-refractivity contribution in [2.24, 2.45) is 5.10 Å². The minimum absolute atomic E-state index is 0.292. The molecule has 2 rings (SSSR count). The van der Waals surface area contributed by atoms with E-state index in [1.807, 2.05) is 44.6 Å². The van der Waals surface area contributed by atoms with E-state index < -0.39 is 0 Å². The second-order valence-electron chi connectivity index (χ2n) is 4.95. The van der Waals surface area contributed by atoms with E-state index in [-0.39, 0.29) is 0 Å². The van der Waals surface area contributed by atoms with Crippen LogP contribution in [-0.2, 0) is 0 Å². The van der Waals surface area contributed by atoms with Crippen LogP contribution in [-0.4, -0.2) is 36.3 Å². The topological polar surface area (TPSA) is 40.5 Å². The maximum Gasteiger partial charge on any atom is 0.0737 e. The minimum Gasteiger partial charge on any atom is -0.382 e. The van der Waals surface area contributed by atoms with Gasteiger partial charge in [0, 0.05) is 55.1 Å². The van der Waals surface area contributed by atoms with Gasteiger partial charge >= 0.3 is 0 Å². The third-order valence-corrected chi connectivity index (χ3v) is 3.11. The number of halogens is 1. The lowest BCUT2D eigenvalue weighted by Gasteiger charge is -2.15. The van der Waals surface area contributed by atoms with E-state index in [1.165, 1.54) is 0 Å². The zero-order chi connectivity index (χ0) is 14.5. The van der Waals surface area contributed by atoms with Crippen LogP contribution < -0.4 is 5.32 Å². The number of nitrogens with zero attached hydrogens (tertiary/aromatic N) is 3. The molecule has 0 aliphatic carbocycles. The molecule has 0 saturated carbocycles. The lowest BCUT2D eigenvalue weighted by molar-refractivity contribution is 0.438. The smallest absolute Gasteiger partial charge is 0.0737 e. The molecule has 0 aliphatic heterocycles. The molecule has 1 aromatic heterocycles. The Morgan fingerprint density at radius 2 is 2.20 bits per heavy atom. The van der Waals surface area contributed by atoms with Crippen molar-refractivity contribution in [2.75, 3.05) is 19.4 Å². The highest BCUT2D eigenvalue weighted by atomic mass is 35.5. The molecular weight excluding hydrogens is 272 g/mol. The Bertz CT molecular complexity index is 610. The average molecular weight is 291 g/mol. The number of fused-ring (bicyclic) bond motifs is 1. The molecule has 2 aromatic rings. The molecule has 0 bridgehead atoms. The number of hydrazone groups is 1. The Morgan fingerprint density at radius 1 is 1.40 bits per heavy atom. The summed E-state index contributed by atoms with van der Waals surface area (Å²) in [5.41, 5.74) is 1.97.